The lowest BCUT2D eigenvalue weighted by atomic mass is 9.81. The van der Waals surface area contributed by atoms with Crippen LogP contribution in [0.3, 0.4) is 0 Å². The summed E-state index contributed by atoms with van der Waals surface area (Å²) < 4.78 is 24.5. The second-order valence-corrected chi connectivity index (χ2v) is 8.41. The summed E-state index contributed by atoms with van der Waals surface area (Å²) in [5, 5.41) is 11.1. The summed E-state index contributed by atoms with van der Waals surface area (Å²) in [6.45, 7) is 2.38. The Balaban J connectivity index is 1.33. The van der Waals surface area contributed by atoms with Crippen LogP contribution in [0.2, 0.25) is 0 Å². The molecule has 4 nitrogen and oxygen atoms in total. The number of rotatable bonds is 5. The van der Waals surface area contributed by atoms with Crippen molar-refractivity contribution in [2.45, 2.75) is 43.2 Å². The molecule has 29 heavy (non-hydrogen) atoms. The lowest BCUT2D eigenvalue weighted by Crippen LogP contribution is -2.52. The number of nitrogens with zero attached hydrogens (tertiary/aromatic N) is 1. The zero-order valence-corrected chi connectivity index (χ0v) is 16.8. The molecule has 156 valence electrons. The van der Waals surface area contributed by atoms with Crippen molar-refractivity contribution in [3.63, 3.8) is 0 Å². The molecule has 2 aromatic carbocycles. The highest BCUT2D eigenvalue weighted by Crippen LogP contribution is 2.35. The molecule has 1 heterocycles. The summed E-state index contributed by atoms with van der Waals surface area (Å²) in [5.41, 5.74) is 0.371. The van der Waals surface area contributed by atoms with Crippen molar-refractivity contribution in [2.24, 2.45) is 0 Å². The summed E-state index contributed by atoms with van der Waals surface area (Å²) in [7, 11) is 0. The molecule has 5 heteroatoms. The van der Waals surface area contributed by atoms with Crippen LogP contribution in [-0.2, 0) is 4.74 Å². The third-order valence-electron chi connectivity index (χ3n) is 6.20. The van der Waals surface area contributed by atoms with Gasteiger partial charge >= 0.3 is 0 Å². The van der Waals surface area contributed by atoms with E-state index in [1.54, 1.807) is 12.1 Å². The highest BCUT2D eigenvalue weighted by atomic mass is 19.1. The predicted molar refractivity (Wildman–Crippen MR) is 111 cm³/mol. The SMILES string of the molecule is OC1(COc2ccc(F)cc2)COCCN(C2CCC(c3ccccc3)CC2)C1. The fourth-order valence-electron chi connectivity index (χ4n) is 4.59. The second kappa shape index (κ2) is 9.24. The number of β-amino-alcohol motifs (C(OH)–C–C–N with tert-alkyl or cyclic N) is 1. The van der Waals surface area contributed by atoms with Crippen molar-refractivity contribution in [3.05, 3.63) is 66.0 Å². The second-order valence-electron chi connectivity index (χ2n) is 8.41. The van der Waals surface area contributed by atoms with Crippen LogP contribution in [0, 0.1) is 5.82 Å². The van der Waals surface area contributed by atoms with E-state index >= 15 is 0 Å². The number of hydrogen-bond donors (Lipinski definition) is 1. The standard InChI is InChI=1S/C24H30FNO3/c25-21-8-12-23(13-9-21)29-18-24(27)16-26(14-15-28-17-24)22-10-6-20(7-11-22)19-4-2-1-3-5-19/h1-5,8-9,12-13,20,22,27H,6-7,10-11,14-18H2. The van der Waals surface area contributed by atoms with Gasteiger partial charge in [0.2, 0.25) is 0 Å². The summed E-state index contributed by atoms with van der Waals surface area (Å²) in [4.78, 5) is 2.38. The molecule has 1 aliphatic heterocycles. The molecule has 1 saturated heterocycles. The van der Waals surface area contributed by atoms with E-state index in [9.17, 15) is 9.50 Å². The Kier molecular flexibility index (Phi) is 6.48. The Morgan fingerprint density at radius 3 is 2.48 bits per heavy atom. The Hall–Kier alpha value is -1.95. The molecule has 0 bridgehead atoms. The molecule has 1 atom stereocenters. The monoisotopic (exact) mass is 399 g/mol. The molecular weight excluding hydrogens is 369 g/mol. The fourth-order valence-corrected chi connectivity index (χ4v) is 4.59. The van der Waals surface area contributed by atoms with Gasteiger partial charge in [0, 0.05) is 19.1 Å². The van der Waals surface area contributed by atoms with Crippen molar-refractivity contribution < 1.29 is 19.0 Å². The van der Waals surface area contributed by atoms with Gasteiger partial charge in [-0.25, -0.2) is 4.39 Å². The van der Waals surface area contributed by atoms with Crippen LogP contribution in [0.1, 0.15) is 37.2 Å². The Morgan fingerprint density at radius 1 is 1.03 bits per heavy atom. The van der Waals surface area contributed by atoms with E-state index in [-0.39, 0.29) is 19.0 Å². The van der Waals surface area contributed by atoms with Crippen LogP contribution >= 0.6 is 0 Å². The number of aliphatic hydroxyl groups is 1. The average molecular weight is 400 g/mol. The number of ether oxygens (including phenoxy) is 2. The summed E-state index contributed by atoms with van der Waals surface area (Å²) in [5.74, 6) is 0.890. The first-order chi connectivity index (χ1) is 14.1. The third kappa shape index (κ3) is 5.35. The van der Waals surface area contributed by atoms with Gasteiger partial charge in [-0.1, -0.05) is 30.3 Å². The normalized spacial score (nSPS) is 28.6. The van der Waals surface area contributed by atoms with Gasteiger partial charge in [-0.2, -0.15) is 0 Å². The van der Waals surface area contributed by atoms with Gasteiger partial charge in [0.25, 0.3) is 0 Å². The van der Waals surface area contributed by atoms with Crippen LogP contribution in [0.4, 0.5) is 4.39 Å². The topological polar surface area (TPSA) is 41.9 Å². The van der Waals surface area contributed by atoms with Gasteiger partial charge in [0.1, 0.15) is 23.8 Å². The van der Waals surface area contributed by atoms with Crippen molar-refractivity contribution in [3.8, 4) is 5.75 Å². The minimum absolute atomic E-state index is 0.133. The molecule has 2 aliphatic rings. The van der Waals surface area contributed by atoms with Crippen molar-refractivity contribution in [2.75, 3.05) is 32.9 Å². The lowest BCUT2D eigenvalue weighted by Gasteiger charge is -2.39. The average Bonchev–Trinajstić information content (AvgIpc) is 2.96. The first-order valence-corrected chi connectivity index (χ1v) is 10.6. The molecule has 0 aromatic heterocycles. The van der Waals surface area contributed by atoms with E-state index in [0.717, 1.165) is 19.4 Å². The van der Waals surface area contributed by atoms with Gasteiger partial charge in [-0.15, -0.1) is 0 Å². The maximum atomic E-state index is 13.1. The number of benzene rings is 2. The minimum atomic E-state index is -1.07. The highest BCUT2D eigenvalue weighted by Gasteiger charge is 2.37. The first-order valence-electron chi connectivity index (χ1n) is 10.6. The van der Waals surface area contributed by atoms with E-state index in [1.165, 1.54) is 30.5 Å². The molecule has 0 spiro atoms. The third-order valence-corrected chi connectivity index (χ3v) is 6.20. The Morgan fingerprint density at radius 2 is 1.76 bits per heavy atom. The molecule has 1 N–H and O–H groups in total. The van der Waals surface area contributed by atoms with Crippen molar-refractivity contribution >= 4 is 0 Å². The zero-order chi connectivity index (χ0) is 20.1. The molecule has 1 unspecified atom stereocenters. The summed E-state index contributed by atoms with van der Waals surface area (Å²) in [6.07, 6.45) is 4.62. The predicted octanol–water partition coefficient (Wildman–Crippen LogP) is 3.99. The maximum absolute atomic E-state index is 13.1. The van der Waals surface area contributed by atoms with Crippen LogP contribution < -0.4 is 4.74 Å². The molecule has 2 fully saturated rings. The molecule has 2 aromatic rings. The first kappa shape index (κ1) is 20.3. The number of halogens is 1. The van der Waals surface area contributed by atoms with E-state index in [1.807, 2.05) is 0 Å². The zero-order valence-electron chi connectivity index (χ0n) is 16.8. The van der Waals surface area contributed by atoms with Gasteiger partial charge in [-0.3, -0.25) is 4.90 Å². The molecule has 0 radical (unpaired) electrons. The molecular formula is C24H30FNO3. The minimum Gasteiger partial charge on any atom is -0.490 e. The van der Waals surface area contributed by atoms with Gasteiger partial charge in [-0.05, 0) is 61.4 Å². The van der Waals surface area contributed by atoms with Crippen LogP contribution in [0.25, 0.3) is 0 Å². The Bertz CT molecular complexity index is 761. The van der Waals surface area contributed by atoms with Crippen molar-refractivity contribution in [1.82, 2.24) is 4.90 Å². The molecule has 1 saturated carbocycles. The maximum Gasteiger partial charge on any atom is 0.134 e. The van der Waals surface area contributed by atoms with E-state index < -0.39 is 5.60 Å². The largest absolute Gasteiger partial charge is 0.490 e. The fraction of sp³-hybridized carbons (Fsp3) is 0.500. The highest BCUT2D eigenvalue weighted by molar-refractivity contribution is 5.22. The van der Waals surface area contributed by atoms with Gasteiger partial charge < -0.3 is 14.6 Å². The van der Waals surface area contributed by atoms with Gasteiger partial charge in [0.15, 0.2) is 0 Å². The lowest BCUT2D eigenvalue weighted by molar-refractivity contribution is -0.0683. The quantitative estimate of drug-likeness (QED) is 0.825. The molecule has 1 aliphatic carbocycles. The van der Waals surface area contributed by atoms with E-state index in [2.05, 4.69) is 35.2 Å². The molecule has 4 rings (SSSR count). The summed E-state index contributed by atoms with van der Waals surface area (Å²) >= 11 is 0. The van der Waals surface area contributed by atoms with E-state index in [4.69, 9.17) is 9.47 Å². The van der Waals surface area contributed by atoms with Crippen LogP contribution in [0.15, 0.2) is 54.6 Å². The van der Waals surface area contributed by atoms with E-state index in [0.29, 0.717) is 30.9 Å². The van der Waals surface area contributed by atoms with Crippen LogP contribution in [-0.4, -0.2) is 54.6 Å². The Labute approximate surface area is 172 Å². The number of hydrogen-bond acceptors (Lipinski definition) is 4. The summed E-state index contributed by atoms with van der Waals surface area (Å²) in [6, 6.07) is 17.1. The smallest absolute Gasteiger partial charge is 0.134 e. The van der Waals surface area contributed by atoms with Crippen LogP contribution in [0.5, 0.6) is 5.75 Å². The van der Waals surface area contributed by atoms with Crippen molar-refractivity contribution in [1.29, 1.82) is 0 Å². The molecule has 0 amide bonds. The van der Waals surface area contributed by atoms with Gasteiger partial charge in [0.05, 0.1) is 13.2 Å².